The lowest BCUT2D eigenvalue weighted by atomic mass is 10.1. The summed E-state index contributed by atoms with van der Waals surface area (Å²) in [6.45, 7) is 4.64. The highest BCUT2D eigenvalue weighted by Gasteiger charge is 2.14. The lowest BCUT2D eigenvalue weighted by molar-refractivity contribution is 0.0945. The smallest absolute Gasteiger partial charge is 0.271 e. The highest BCUT2D eigenvalue weighted by Crippen LogP contribution is 2.32. The lowest BCUT2D eigenvalue weighted by Gasteiger charge is -2.10. The summed E-state index contributed by atoms with van der Waals surface area (Å²) in [6.07, 6.45) is 3.01. The number of carbonyl (C=O) groups excluding carboxylic acids is 1. The fraction of sp³-hybridized carbons (Fsp3) is 0.190. The van der Waals surface area contributed by atoms with Crippen LogP contribution in [0.1, 0.15) is 27.2 Å². The van der Waals surface area contributed by atoms with Gasteiger partial charge in [0.2, 0.25) is 6.79 Å². The Morgan fingerprint density at radius 3 is 2.71 bits per heavy atom. The van der Waals surface area contributed by atoms with Crippen LogP contribution in [0.25, 0.3) is 0 Å². The summed E-state index contributed by atoms with van der Waals surface area (Å²) in [7, 11) is 0. The van der Waals surface area contributed by atoms with E-state index < -0.39 is 0 Å². The second-order valence-electron chi connectivity index (χ2n) is 6.60. The lowest BCUT2D eigenvalue weighted by Crippen LogP contribution is -2.24. The minimum absolute atomic E-state index is 0.225. The Morgan fingerprint density at radius 1 is 1.04 bits per heavy atom. The Hall–Kier alpha value is -3.61. The van der Waals surface area contributed by atoms with Crippen LogP contribution in [0.5, 0.6) is 11.5 Å². The first-order valence-corrected chi connectivity index (χ1v) is 8.91. The number of nitrogens with one attached hydrogen (secondary N) is 2. The first kappa shape index (κ1) is 17.8. The van der Waals surface area contributed by atoms with Crippen molar-refractivity contribution < 1.29 is 14.3 Å². The average molecular weight is 376 g/mol. The fourth-order valence-corrected chi connectivity index (χ4v) is 2.84. The van der Waals surface area contributed by atoms with Crippen molar-refractivity contribution in [3.63, 3.8) is 0 Å². The molecule has 1 amide bonds. The number of aryl methyl sites for hydroxylation is 2. The van der Waals surface area contributed by atoms with Gasteiger partial charge < -0.3 is 20.1 Å². The van der Waals surface area contributed by atoms with Crippen LogP contribution < -0.4 is 20.1 Å². The molecule has 0 unspecified atom stereocenters. The van der Waals surface area contributed by atoms with E-state index in [0.29, 0.717) is 23.9 Å². The van der Waals surface area contributed by atoms with Crippen LogP contribution in [0.3, 0.4) is 0 Å². The van der Waals surface area contributed by atoms with E-state index in [1.54, 1.807) is 6.20 Å². The van der Waals surface area contributed by atoms with Crippen molar-refractivity contribution in [3.8, 4) is 11.5 Å². The van der Waals surface area contributed by atoms with Gasteiger partial charge in [-0.1, -0.05) is 18.2 Å². The van der Waals surface area contributed by atoms with Crippen LogP contribution in [0, 0.1) is 13.8 Å². The number of fused-ring (bicyclic) bond motifs is 1. The molecule has 4 rings (SSSR count). The SMILES string of the molecule is Cc1ccc(C)c(Nc2cnc(C(=O)NCc3ccc4c(c3)OCO4)cn2)c1. The van der Waals surface area contributed by atoms with Crippen molar-refractivity contribution >= 4 is 17.4 Å². The normalized spacial score (nSPS) is 11.9. The van der Waals surface area contributed by atoms with E-state index in [1.807, 2.05) is 44.2 Å². The van der Waals surface area contributed by atoms with Crippen molar-refractivity contribution in [2.75, 3.05) is 12.1 Å². The van der Waals surface area contributed by atoms with Crippen LogP contribution >= 0.6 is 0 Å². The van der Waals surface area contributed by atoms with Gasteiger partial charge in [0, 0.05) is 12.2 Å². The van der Waals surface area contributed by atoms with Gasteiger partial charge in [0.15, 0.2) is 11.5 Å². The van der Waals surface area contributed by atoms with Crippen molar-refractivity contribution in [1.29, 1.82) is 0 Å². The fourth-order valence-electron chi connectivity index (χ4n) is 2.84. The van der Waals surface area contributed by atoms with Gasteiger partial charge in [-0.15, -0.1) is 0 Å². The molecular weight excluding hydrogens is 356 g/mol. The van der Waals surface area contributed by atoms with E-state index >= 15 is 0 Å². The van der Waals surface area contributed by atoms with Crippen molar-refractivity contribution in [2.45, 2.75) is 20.4 Å². The molecule has 0 fully saturated rings. The van der Waals surface area contributed by atoms with Gasteiger partial charge in [0.1, 0.15) is 11.5 Å². The molecule has 0 saturated heterocycles. The predicted molar refractivity (Wildman–Crippen MR) is 105 cm³/mol. The van der Waals surface area contributed by atoms with Crippen molar-refractivity contribution in [3.05, 3.63) is 71.2 Å². The number of benzene rings is 2. The minimum atomic E-state index is -0.288. The largest absolute Gasteiger partial charge is 0.454 e. The predicted octanol–water partition coefficient (Wildman–Crippen LogP) is 3.50. The molecule has 0 saturated carbocycles. The topological polar surface area (TPSA) is 85.4 Å². The third kappa shape index (κ3) is 3.88. The number of carbonyl (C=O) groups is 1. The maximum atomic E-state index is 12.3. The molecule has 2 aromatic carbocycles. The van der Waals surface area contributed by atoms with Crippen molar-refractivity contribution in [1.82, 2.24) is 15.3 Å². The van der Waals surface area contributed by atoms with E-state index in [2.05, 4.69) is 26.7 Å². The molecule has 0 spiro atoms. The minimum Gasteiger partial charge on any atom is -0.454 e. The number of nitrogens with zero attached hydrogens (tertiary/aromatic N) is 2. The zero-order valence-electron chi connectivity index (χ0n) is 15.7. The summed E-state index contributed by atoms with van der Waals surface area (Å²) in [4.78, 5) is 20.8. The number of hydrogen-bond donors (Lipinski definition) is 2. The molecule has 1 aliphatic heterocycles. The Labute approximate surface area is 162 Å². The quantitative estimate of drug-likeness (QED) is 0.709. The van der Waals surface area contributed by atoms with Crippen LogP contribution in [0.4, 0.5) is 11.5 Å². The zero-order chi connectivity index (χ0) is 19.5. The molecule has 28 heavy (non-hydrogen) atoms. The first-order valence-electron chi connectivity index (χ1n) is 8.91. The highest BCUT2D eigenvalue weighted by atomic mass is 16.7. The maximum Gasteiger partial charge on any atom is 0.271 e. The van der Waals surface area contributed by atoms with Crippen LogP contribution in [0.2, 0.25) is 0 Å². The van der Waals surface area contributed by atoms with E-state index in [0.717, 1.165) is 22.4 Å². The molecule has 0 radical (unpaired) electrons. The van der Waals surface area contributed by atoms with Crippen LogP contribution in [-0.4, -0.2) is 22.7 Å². The highest BCUT2D eigenvalue weighted by molar-refractivity contribution is 5.92. The van der Waals surface area contributed by atoms with Gasteiger partial charge in [0.25, 0.3) is 5.91 Å². The Kier molecular flexibility index (Phi) is 4.80. The standard InChI is InChI=1S/C21H20N4O3/c1-13-3-4-14(2)16(7-13)25-20-11-22-17(10-23-20)21(26)24-9-15-5-6-18-19(8-15)28-12-27-18/h3-8,10-11H,9,12H2,1-2H3,(H,23,25)(H,24,26). The summed E-state index contributed by atoms with van der Waals surface area (Å²) in [5, 5.41) is 6.06. The Morgan fingerprint density at radius 2 is 1.89 bits per heavy atom. The molecule has 7 heteroatoms. The molecule has 1 aromatic heterocycles. The molecule has 142 valence electrons. The van der Waals surface area contributed by atoms with Gasteiger partial charge in [-0.05, 0) is 48.7 Å². The second kappa shape index (κ2) is 7.56. The number of anilines is 2. The Balaban J connectivity index is 1.38. The third-order valence-electron chi connectivity index (χ3n) is 4.43. The number of rotatable bonds is 5. The molecule has 2 heterocycles. The van der Waals surface area contributed by atoms with Gasteiger partial charge in [-0.3, -0.25) is 4.79 Å². The van der Waals surface area contributed by atoms with Gasteiger partial charge >= 0.3 is 0 Å². The third-order valence-corrected chi connectivity index (χ3v) is 4.43. The van der Waals surface area contributed by atoms with Crippen LogP contribution in [0.15, 0.2) is 48.8 Å². The summed E-state index contributed by atoms with van der Waals surface area (Å²) >= 11 is 0. The van der Waals surface area contributed by atoms with E-state index in [-0.39, 0.29) is 18.4 Å². The van der Waals surface area contributed by atoms with E-state index in [9.17, 15) is 4.79 Å². The summed E-state index contributed by atoms with van der Waals surface area (Å²) < 4.78 is 10.6. The number of ether oxygens (including phenoxy) is 2. The zero-order valence-corrected chi connectivity index (χ0v) is 15.7. The van der Waals surface area contributed by atoms with Gasteiger partial charge in [0.05, 0.1) is 12.4 Å². The van der Waals surface area contributed by atoms with Crippen LogP contribution in [-0.2, 0) is 6.54 Å². The molecule has 1 aliphatic rings. The average Bonchev–Trinajstić information content (AvgIpc) is 3.17. The molecule has 0 atom stereocenters. The molecular formula is C21H20N4O3. The number of aromatic nitrogens is 2. The number of hydrogen-bond acceptors (Lipinski definition) is 6. The van der Waals surface area contributed by atoms with Crippen molar-refractivity contribution in [2.24, 2.45) is 0 Å². The van der Waals surface area contributed by atoms with Gasteiger partial charge in [-0.2, -0.15) is 0 Å². The van der Waals surface area contributed by atoms with E-state index in [1.165, 1.54) is 6.20 Å². The molecule has 2 N–H and O–H groups in total. The number of amides is 1. The monoisotopic (exact) mass is 376 g/mol. The van der Waals surface area contributed by atoms with Gasteiger partial charge in [-0.25, -0.2) is 9.97 Å². The molecule has 0 bridgehead atoms. The molecule has 3 aromatic rings. The molecule has 7 nitrogen and oxygen atoms in total. The summed E-state index contributed by atoms with van der Waals surface area (Å²) in [6, 6.07) is 11.7. The first-order chi connectivity index (χ1) is 13.6. The summed E-state index contributed by atoms with van der Waals surface area (Å²) in [5.74, 6) is 1.70. The maximum absolute atomic E-state index is 12.3. The Bertz CT molecular complexity index is 1020. The summed E-state index contributed by atoms with van der Waals surface area (Å²) in [5.41, 5.74) is 4.40. The van der Waals surface area contributed by atoms with E-state index in [4.69, 9.17) is 9.47 Å². The second-order valence-corrected chi connectivity index (χ2v) is 6.60. The molecule has 0 aliphatic carbocycles.